The molecule has 1 saturated heterocycles. The van der Waals surface area contributed by atoms with Crippen LogP contribution in [0, 0.1) is 6.92 Å². The normalized spacial score (nSPS) is 21.1. The van der Waals surface area contributed by atoms with Gasteiger partial charge in [0, 0.05) is 18.2 Å². The number of aromatic amines is 1. The Morgan fingerprint density at radius 1 is 1.00 bits per heavy atom. The van der Waals surface area contributed by atoms with Gasteiger partial charge in [-0.25, -0.2) is 4.79 Å². The third-order valence-corrected chi connectivity index (χ3v) is 7.78. The number of aryl methyl sites for hydroxylation is 1. The van der Waals surface area contributed by atoms with Gasteiger partial charge in [0.05, 0.1) is 25.2 Å². The summed E-state index contributed by atoms with van der Waals surface area (Å²) in [5.74, 6) is 0.707. The molecule has 1 aliphatic heterocycles. The van der Waals surface area contributed by atoms with Crippen molar-refractivity contribution in [3.8, 4) is 5.75 Å². The number of ether oxygens (including phenoxy) is 2. The number of aromatic nitrogens is 2. The van der Waals surface area contributed by atoms with Crippen molar-refractivity contribution in [2.24, 2.45) is 0 Å². The number of H-pyrrole nitrogens is 1. The van der Waals surface area contributed by atoms with Crippen molar-refractivity contribution in [3.63, 3.8) is 0 Å². The van der Waals surface area contributed by atoms with Gasteiger partial charge in [0.25, 0.3) is 5.56 Å². The number of benzene rings is 3. The number of methoxy groups -OCH3 is 1. The smallest absolute Gasteiger partial charge is 0.330 e. The van der Waals surface area contributed by atoms with E-state index in [0.29, 0.717) is 17.7 Å². The van der Waals surface area contributed by atoms with Crippen LogP contribution in [0.15, 0.2) is 101 Å². The van der Waals surface area contributed by atoms with Crippen molar-refractivity contribution in [1.82, 2.24) is 9.55 Å². The van der Waals surface area contributed by atoms with Crippen molar-refractivity contribution in [3.05, 3.63) is 134 Å². The Labute approximate surface area is 226 Å². The maximum atomic E-state index is 13.6. The van der Waals surface area contributed by atoms with E-state index in [-0.39, 0.29) is 6.42 Å². The van der Waals surface area contributed by atoms with Gasteiger partial charge in [-0.3, -0.25) is 14.3 Å². The molecule has 1 aliphatic rings. The monoisotopic (exact) mass is 528 g/mol. The Balaban J connectivity index is 1.91. The Morgan fingerprint density at radius 2 is 1.59 bits per heavy atom. The fourth-order valence-corrected chi connectivity index (χ4v) is 5.88. The van der Waals surface area contributed by atoms with Crippen molar-refractivity contribution >= 4 is 0 Å². The average molecular weight is 529 g/mol. The molecule has 2 heterocycles. The highest BCUT2D eigenvalue weighted by Gasteiger charge is 2.62. The lowest BCUT2D eigenvalue weighted by Gasteiger charge is -2.50. The zero-order valence-corrected chi connectivity index (χ0v) is 21.9. The minimum atomic E-state index is -1.53. The van der Waals surface area contributed by atoms with Crippen LogP contribution in [-0.4, -0.2) is 45.7 Å². The fourth-order valence-electron chi connectivity index (χ4n) is 5.88. The Bertz CT molecular complexity index is 1490. The summed E-state index contributed by atoms with van der Waals surface area (Å²) in [7, 11) is 1.61. The molecule has 8 nitrogen and oxygen atoms in total. The lowest BCUT2D eigenvalue weighted by Crippen LogP contribution is -2.59. The Kier molecular flexibility index (Phi) is 7.27. The van der Waals surface area contributed by atoms with Crippen LogP contribution in [0.2, 0.25) is 0 Å². The SMILES string of the molecule is COc1ccc(CC(c2ccccc2)(c2ccccc2)[C@]2(n3cc(C)c(=O)[nH]c3=O)C[C@H](O)[C@@H](CO)O2)cc1. The minimum Gasteiger partial charge on any atom is -0.497 e. The first-order valence-corrected chi connectivity index (χ1v) is 12.9. The molecule has 202 valence electrons. The van der Waals surface area contributed by atoms with E-state index in [0.717, 1.165) is 16.7 Å². The Hall–Kier alpha value is -3.98. The summed E-state index contributed by atoms with van der Waals surface area (Å²) in [5, 5.41) is 21.4. The van der Waals surface area contributed by atoms with Gasteiger partial charge in [-0.1, -0.05) is 72.8 Å². The molecule has 0 aliphatic carbocycles. The molecular weight excluding hydrogens is 496 g/mol. The van der Waals surface area contributed by atoms with Crippen LogP contribution >= 0.6 is 0 Å². The summed E-state index contributed by atoms with van der Waals surface area (Å²) in [6, 6.07) is 27.1. The van der Waals surface area contributed by atoms with E-state index < -0.39 is 41.2 Å². The van der Waals surface area contributed by atoms with Gasteiger partial charge in [-0.15, -0.1) is 0 Å². The van der Waals surface area contributed by atoms with Crippen LogP contribution in [-0.2, 0) is 22.3 Å². The second kappa shape index (κ2) is 10.6. The van der Waals surface area contributed by atoms with E-state index in [1.807, 2.05) is 84.9 Å². The molecule has 1 fully saturated rings. The quantitative estimate of drug-likeness (QED) is 0.324. The summed E-state index contributed by atoms with van der Waals surface area (Å²) in [6.07, 6.45) is -0.185. The molecule has 0 spiro atoms. The lowest BCUT2D eigenvalue weighted by atomic mass is 9.62. The number of nitrogens with zero attached hydrogens (tertiary/aromatic N) is 1. The molecule has 8 heteroatoms. The number of aliphatic hydroxyl groups is 2. The van der Waals surface area contributed by atoms with E-state index in [2.05, 4.69) is 4.98 Å². The fraction of sp³-hybridized carbons (Fsp3) is 0.290. The third-order valence-electron chi connectivity index (χ3n) is 7.78. The summed E-state index contributed by atoms with van der Waals surface area (Å²) >= 11 is 0. The second-order valence-electron chi connectivity index (χ2n) is 10.00. The Morgan fingerprint density at radius 3 is 2.10 bits per heavy atom. The van der Waals surface area contributed by atoms with Gasteiger partial charge in [0.2, 0.25) is 0 Å². The molecule has 3 aromatic carbocycles. The first-order valence-electron chi connectivity index (χ1n) is 12.9. The van der Waals surface area contributed by atoms with E-state index in [9.17, 15) is 19.8 Å². The molecule has 5 rings (SSSR count). The molecule has 3 atom stereocenters. The summed E-state index contributed by atoms with van der Waals surface area (Å²) in [5.41, 5.74) is -0.854. The summed E-state index contributed by atoms with van der Waals surface area (Å²) in [6.45, 7) is 1.18. The zero-order chi connectivity index (χ0) is 27.6. The van der Waals surface area contributed by atoms with Crippen LogP contribution < -0.4 is 16.0 Å². The van der Waals surface area contributed by atoms with Crippen LogP contribution in [0.4, 0.5) is 0 Å². The van der Waals surface area contributed by atoms with Gasteiger partial charge in [-0.2, -0.15) is 0 Å². The third kappa shape index (κ3) is 4.50. The van der Waals surface area contributed by atoms with Crippen molar-refractivity contribution in [1.29, 1.82) is 0 Å². The standard InChI is InChI=1S/C31H32N2O6/c1-21-19-33(29(37)32-28(21)36)31(18-26(35)27(20-34)39-31)30(23-9-5-3-6-10-23,24-11-7-4-8-12-24)17-22-13-15-25(38-2)16-14-22/h3-16,19,26-27,34-35H,17-18,20H2,1-2H3,(H,32,36,37)/t26-,27+,31-/m0/s1. The van der Waals surface area contributed by atoms with E-state index in [1.54, 1.807) is 14.0 Å². The van der Waals surface area contributed by atoms with Gasteiger partial charge in [0.1, 0.15) is 11.9 Å². The molecule has 4 aromatic rings. The largest absolute Gasteiger partial charge is 0.497 e. The predicted octanol–water partition coefficient (Wildman–Crippen LogP) is 2.88. The number of rotatable bonds is 8. The highest BCUT2D eigenvalue weighted by molar-refractivity contribution is 5.46. The van der Waals surface area contributed by atoms with Gasteiger partial charge >= 0.3 is 5.69 Å². The van der Waals surface area contributed by atoms with Gasteiger partial charge < -0.3 is 19.7 Å². The predicted molar refractivity (Wildman–Crippen MR) is 147 cm³/mol. The molecule has 0 unspecified atom stereocenters. The molecule has 39 heavy (non-hydrogen) atoms. The highest BCUT2D eigenvalue weighted by Crippen LogP contribution is 2.54. The van der Waals surface area contributed by atoms with Crippen LogP contribution in [0.5, 0.6) is 5.75 Å². The van der Waals surface area contributed by atoms with Crippen LogP contribution in [0.3, 0.4) is 0 Å². The molecule has 0 radical (unpaired) electrons. The number of aliphatic hydroxyl groups excluding tert-OH is 2. The van der Waals surface area contributed by atoms with E-state index in [1.165, 1.54) is 10.8 Å². The molecule has 0 bridgehead atoms. The molecule has 3 N–H and O–H groups in total. The number of hydrogen-bond acceptors (Lipinski definition) is 6. The van der Waals surface area contributed by atoms with Gasteiger partial charge in [0.15, 0.2) is 5.72 Å². The first kappa shape index (κ1) is 26.6. The minimum absolute atomic E-state index is 0.0104. The zero-order valence-electron chi connectivity index (χ0n) is 21.9. The van der Waals surface area contributed by atoms with Gasteiger partial charge in [-0.05, 0) is 42.2 Å². The van der Waals surface area contributed by atoms with Crippen LogP contribution in [0.1, 0.15) is 28.7 Å². The number of nitrogens with one attached hydrogen (secondary N) is 1. The van der Waals surface area contributed by atoms with Crippen molar-refractivity contribution in [2.45, 2.75) is 43.1 Å². The van der Waals surface area contributed by atoms with E-state index >= 15 is 0 Å². The topological polar surface area (TPSA) is 114 Å². The summed E-state index contributed by atoms with van der Waals surface area (Å²) in [4.78, 5) is 28.4. The molecular formula is C31H32N2O6. The van der Waals surface area contributed by atoms with E-state index in [4.69, 9.17) is 9.47 Å². The molecule has 0 amide bonds. The highest BCUT2D eigenvalue weighted by atomic mass is 16.6. The van der Waals surface area contributed by atoms with Crippen molar-refractivity contribution in [2.75, 3.05) is 13.7 Å². The lowest BCUT2D eigenvalue weighted by molar-refractivity contribution is -0.156. The second-order valence-corrected chi connectivity index (χ2v) is 10.00. The van der Waals surface area contributed by atoms with Crippen LogP contribution in [0.25, 0.3) is 0 Å². The maximum Gasteiger partial charge on any atom is 0.330 e. The maximum absolute atomic E-state index is 13.6. The summed E-state index contributed by atoms with van der Waals surface area (Å²) < 4.78 is 13.5. The van der Waals surface area contributed by atoms with Crippen molar-refractivity contribution < 1.29 is 19.7 Å². The number of hydrogen-bond donors (Lipinski definition) is 3. The molecule has 0 saturated carbocycles. The molecule has 1 aromatic heterocycles. The average Bonchev–Trinajstić information content (AvgIpc) is 3.32. The first-order chi connectivity index (χ1) is 18.8.